The van der Waals surface area contributed by atoms with Crippen molar-refractivity contribution in [2.75, 3.05) is 18.6 Å². The molecule has 2 aromatic rings. The Morgan fingerprint density at radius 2 is 2.33 bits per heavy atom. The third-order valence-electron chi connectivity index (χ3n) is 2.43. The summed E-state index contributed by atoms with van der Waals surface area (Å²) in [6.07, 6.45) is 5.83. The Hall–Kier alpha value is -1.67. The lowest BCUT2D eigenvalue weighted by Crippen LogP contribution is -2.24. The molecule has 2 rings (SSSR count). The maximum atomic E-state index is 13.1. The number of amides is 1. The molecule has 0 spiro atoms. The highest BCUT2D eigenvalue weighted by molar-refractivity contribution is 7.98. The van der Waals surface area contributed by atoms with Gasteiger partial charge in [0, 0.05) is 28.6 Å². The van der Waals surface area contributed by atoms with Crippen molar-refractivity contribution in [1.29, 1.82) is 0 Å². The molecule has 0 bridgehead atoms. The van der Waals surface area contributed by atoms with Crippen molar-refractivity contribution in [3.8, 4) is 10.6 Å². The molecule has 0 atom stereocenters. The Balaban J connectivity index is 1.87. The highest BCUT2D eigenvalue weighted by Crippen LogP contribution is 2.24. The van der Waals surface area contributed by atoms with E-state index in [1.807, 2.05) is 6.26 Å². The fourth-order valence-electron chi connectivity index (χ4n) is 1.48. The summed E-state index contributed by atoms with van der Waals surface area (Å²) in [6.45, 7) is 0.717. The Morgan fingerprint density at radius 3 is 3.10 bits per heavy atom. The van der Waals surface area contributed by atoms with E-state index < -0.39 is 11.9 Å². The van der Waals surface area contributed by atoms with Crippen molar-refractivity contribution >= 4 is 29.2 Å². The Bertz CT molecular complexity index is 607. The summed E-state index contributed by atoms with van der Waals surface area (Å²) in [6, 6.07) is 1.37. The van der Waals surface area contributed by atoms with Crippen molar-refractivity contribution in [2.24, 2.45) is 0 Å². The molecule has 0 aromatic carbocycles. The topological polar surface area (TPSA) is 64.1 Å². The number of thioether (sulfide) groups is 1. The third kappa shape index (κ3) is 4.98. The van der Waals surface area contributed by atoms with Crippen LogP contribution in [0.15, 0.2) is 24.7 Å². The molecular formula is C13H14FN3O2S2. The van der Waals surface area contributed by atoms with E-state index in [-0.39, 0.29) is 0 Å². The van der Waals surface area contributed by atoms with Crippen LogP contribution in [0.25, 0.3) is 10.6 Å². The quantitative estimate of drug-likeness (QED) is 0.827. The maximum Gasteiger partial charge on any atom is 0.407 e. The molecule has 8 heteroatoms. The van der Waals surface area contributed by atoms with Crippen molar-refractivity contribution in [3.63, 3.8) is 0 Å². The van der Waals surface area contributed by atoms with E-state index in [1.54, 1.807) is 24.2 Å². The molecule has 0 fully saturated rings. The summed E-state index contributed by atoms with van der Waals surface area (Å²) in [5, 5.41) is 3.31. The number of hydrogen-bond acceptors (Lipinski definition) is 6. The molecule has 2 heterocycles. The number of hydrogen-bond donors (Lipinski definition) is 1. The zero-order valence-corrected chi connectivity index (χ0v) is 13.0. The largest absolute Gasteiger partial charge is 0.449 e. The summed E-state index contributed by atoms with van der Waals surface area (Å²) in [7, 11) is 0. The van der Waals surface area contributed by atoms with E-state index >= 15 is 0 Å². The molecule has 1 amide bonds. The Morgan fingerprint density at radius 1 is 1.48 bits per heavy atom. The molecule has 5 nitrogen and oxygen atoms in total. The van der Waals surface area contributed by atoms with E-state index in [1.165, 1.54) is 17.4 Å². The molecule has 0 unspecified atom stereocenters. The van der Waals surface area contributed by atoms with Crippen LogP contribution in [0.2, 0.25) is 0 Å². The lowest BCUT2D eigenvalue weighted by atomic mass is 10.3. The van der Waals surface area contributed by atoms with Crippen molar-refractivity contribution in [1.82, 2.24) is 15.3 Å². The summed E-state index contributed by atoms with van der Waals surface area (Å²) < 4.78 is 18.1. The first-order valence-corrected chi connectivity index (χ1v) is 8.35. The van der Waals surface area contributed by atoms with Crippen LogP contribution in [0.1, 0.15) is 4.88 Å². The maximum absolute atomic E-state index is 13.1. The number of pyridine rings is 1. The minimum Gasteiger partial charge on any atom is -0.449 e. The smallest absolute Gasteiger partial charge is 0.407 e. The molecular weight excluding hydrogens is 313 g/mol. The molecule has 0 aliphatic heterocycles. The van der Waals surface area contributed by atoms with Crippen LogP contribution < -0.4 is 5.32 Å². The standard InChI is InChI=1S/C13H14FN3O2S2/c1-20-3-2-19-13(18)17-8-11-7-16-12(21-11)9-4-10(14)6-15-5-9/h4-7H,2-3,8H2,1H3,(H,17,18). The van der Waals surface area contributed by atoms with Crippen molar-refractivity contribution in [3.05, 3.63) is 35.4 Å². The molecule has 0 aliphatic rings. The molecule has 0 radical (unpaired) electrons. The molecule has 1 N–H and O–H groups in total. The van der Waals surface area contributed by atoms with Gasteiger partial charge in [0.05, 0.1) is 12.7 Å². The lowest BCUT2D eigenvalue weighted by molar-refractivity contribution is 0.153. The molecule has 0 saturated heterocycles. The van der Waals surface area contributed by atoms with Crippen LogP contribution in [-0.2, 0) is 11.3 Å². The van der Waals surface area contributed by atoms with Crippen LogP contribution in [-0.4, -0.2) is 34.7 Å². The van der Waals surface area contributed by atoms with E-state index in [9.17, 15) is 9.18 Å². The highest BCUT2D eigenvalue weighted by Gasteiger charge is 2.08. The van der Waals surface area contributed by atoms with Gasteiger partial charge >= 0.3 is 6.09 Å². The predicted molar refractivity (Wildman–Crippen MR) is 81.9 cm³/mol. The fraction of sp³-hybridized carbons (Fsp3) is 0.308. The van der Waals surface area contributed by atoms with Gasteiger partial charge in [0.25, 0.3) is 0 Å². The van der Waals surface area contributed by atoms with Crippen molar-refractivity contribution < 1.29 is 13.9 Å². The normalized spacial score (nSPS) is 10.4. The average molecular weight is 327 g/mol. The van der Waals surface area contributed by atoms with E-state index in [0.29, 0.717) is 23.7 Å². The minimum absolute atomic E-state index is 0.332. The number of nitrogens with zero attached hydrogens (tertiary/aromatic N) is 2. The van der Waals surface area contributed by atoms with Gasteiger partial charge in [-0.1, -0.05) is 0 Å². The van der Waals surface area contributed by atoms with E-state index in [2.05, 4.69) is 15.3 Å². The second-order valence-electron chi connectivity index (χ2n) is 4.01. The highest BCUT2D eigenvalue weighted by atomic mass is 32.2. The Kier molecular flexibility index (Phi) is 5.94. The van der Waals surface area contributed by atoms with Crippen LogP contribution in [0.5, 0.6) is 0 Å². The number of alkyl carbamates (subject to hydrolysis) is 1. The zero-order chi connectivity index (χ0) is 15.1. The third-order valence-corrected chi connectivity index (χ3v) is 4.05. The monoisotopic (exact) mass is 327 g/mol. The zero-order valence-electron chi connectivity index (χ0n) is 11.3. The Labute approximate surface area is 130 Å². The first kappa shape index (κ1) is 15.7. The fourth-order valence-corrected chi connectivity index (χ4v) is 2.56. The van der Waals surface area contributed by atoms with E-state index in [4.69, 9.17) is 4.74 Å². The average Bonchev–Trinajstić information content (AvgIpc) is 2.94. The summed E-state index contributed by atoms with van der Waals surface area (Å²) >= 11 is 2.98. The van der Waals surface area contributed by atoms with Gasteiger partial charge in [-0.3, -0.25) is 4.98 Å². The second kappa shape index (κ2) is 7.94. The number of carbonyl (C=O) groups is 1. The van der Waals surface area contributed by atoms with Gasteiger partial charge in [-0.25, -0.2) is 14.2 Å². The molecule has 0 aliphatic carbocycles. The van der Waals surface area contributed by atoms with Crippen LogP contribution >= 0.6 is 23.1 Å². The van der Waals surface area contributed by atoms with Gasteiger partial charge in [0.15, 0.2) is 0 Å². The summed E-state index contributed by atoms with van der Waals surface area (Å²) in [5.74, 6) is 0.366. The van der Waals surface area contributed by atoms with Crippen LogP contribution in [0.3, 0.4) is 0 Å². The number of aromatic nitrogens is 2. The number of thiazole rings is 1. The van der Waals surface area contributed by atoms with Crippen LogP contribution in [0, 0.1) is 5.82 Å². The number of nitrogens with one attached hydrogen (secondary N) is 1. The number of halogens is 1. The van der Waals surface area contributed by atoms with Gasteiger partial charge in [0.2, 0.25) is 0 Å². The van der Waals surface area contributed by atoms with Gasteiger partial charge in [0.1, 0.15) is 17.4 Å². The molecule has 21 heavy (non-hydrogen) atoms. The SMILES string of the molecule is CSCCOC(=O)NCc1cnc(-c2cncc(F)c2)s1. The number of carbonyl (C=O) groups excluding carboxylic acids is 1. The van der Waals surface area contributed by atoms with Crippen LogP contribution in [0.4, 0.5) is 9.18 Å². The van der Waals surface area contributed by atoms with Gasteiger partial charge in [-0.15, -0.1) is 11.3 Å². The predicted octanol–water partition coefficient (Wildman–Crippen LogP) is 2.93. The summed E-state index contributed by atoms with van der Waals surface area (Å²) in [4.78, 5) is 20.2. The molecule has 112 valence electrons. The second-order valence-corrected chi connectivity index (χ2v) is 6.11. The number of rotatable bonds is 6. The number of ether oxygens (including phenoxy) is 1. The van der Waals surface area contributed by atoms with E-state index in [0.717, 1.165) is 16.8 Å². The summed E-state index contributed by atoms with van der Waals surface area (Å²) in [5.41, 5.74) is 0.619. The minimum atomic E-state index is -0.452. The molecule has 2 aromatic heterocycles. The van der Waals surface area contributed by atoms with Gasteiger partial charge < -0.3 is 10.1 Å². The van der Waals surface area contributed by atoms with Crippen molar-refractivity contribution in [2.45, 2.75) is 6.54 Å². The van der Waals surface area contributed by atoms with Gasteiger partial charge in [-0.2, -0.15) is 11.8 Å². The lowest BCUT2D eigenvalue weighted by Gasteiger charge is -2.04. The first-order valence-electron chi connectivity index (χ1n) is 6.14. The molecule has 0 saturated carbocycles. The van der Waals surface area contributed by atoms with Gasteiger partial charge in [-0.05, 0) is 12.3 Å². The first-order chi connectivity index (χ1) is 10.2.